The number of nitrogens with zero attached hydrogens (tertiary/aromatic N) is 2. The van der Waals surface area contributed by atoms with E-state index in [2.05, 4.69) is 15.0 Å². The van der Waals surface area contributed by atoms with Crippen LogP contribution in [0.1, 0.15) is 18.2 Å². The van der Waals surface area contributed by atoms with Gasteiger partial charge in [-0.15, -0.1) is 0 Å². The van der Waals surface area contributed by atoms with Gasteiger partial charge in [0, 0.05) is 18.4 Å². The molecule has 9 nitrogen and oxygen atoms in total. The molecule has 0 aliphatic carbocycles. The Morgan fingerprint density at radius 1 is 0.927 bits per heavy atom. The Morgan fingerprint density at radius 3 is 2.27 bits per heavy atom. The highest BCUT2D eigenvalue weighted by Crippen LogP contribution is 2.20. The van der Waals surface area contributed by atoms with E-state index >= 15 is 0 Å². The number of halogens is 1. The molecule has 0 saturated carbocycles. The van der Waals surface area contributed by atoms with Crippen molar-refractivity contribution in [1.29, 1.82) is 0 Å². The lowest BCUT2D eigenvalue weighted by atomic mass is 10.1. The van der Waals surface area contributed by atoms with Crippen molar-refractivity contribution in [3.8, 4) is 5.75 Å². The number of anilines is 1. The largest absolute Gasteiger partial charge is 0.484 e. The molecule has 0 saturated heterocycles. The van der Waals surface area contributed by atoms with Gasteiger partial charge < -0.3 is 15.0 Å². The lowest BCUT2D eigenvalue weighted by molar-refractivity contribution is -0.142. The Labute approximate surface area is 238 Å². The summed E-state index contributed by atoms with van der Waals surface area (Å²) in [6, 6.07) is 24.3. The van der Waals surface area contributed by atoms with E-state index < -0.39 is 27.8 Å². The first kappa shape index (κ1) is 29.2. The van der Waals surface area contributed by atoms with Gasteiger partial charge in [0.05, 0.1) is 17.1 Å². The number of rotatable bonds is 12. The number of hydrogen-bond donors (Lipinski definition) is 2. The molecule has 212 valence electrons. The number of ether oxygens (including phenoxy) is 1. The van der Waals surface area contributed by atoms with Crippen LogP contribution < -0.4 is 14.8 Å². The molecule has 4 aromatic rings. The SMILES string of the molecule is C[C@H](C(=O)NCc1ccccn1)N(Cc1ccccc1)C(=O)COc1ccc(S(=O)(=O)Nc2ccc(F)cc2)cc1. The van der Waals surface area contributed by atoms with Crippen LogP contribution in [-0.4, -0.2) is 42.8 Å². The lowest BCUT2D eigenvalue weighted by Gasteiger charge is -2.28. The van der Waals surface area contributed by atoms with Gasteiger partial charge in [-0.2, -0.15) is 0 Å². The minimum Gasteiger partial charge on any atom is -0.484 e. The average Bonchev–Trinajstić information content (AvgIpc) is 2.99. The molecular formula is C30H29FN4O5S. The summed E-state index contributed by atoms with van der Waals surface area (Å²) >= 11 is 0. The highest BCUT2D eigenvalue weighted by Gasteiger charge is 2.26. The number of pyridine rings is 1. The standard InChI is InChI=1S/C30H29FN4O5S/c1-22(30(37)33-19-26-9-5-6-18-32-26)35(20-23-7-3-2-4-8-23)29(36)21-40-27-14-16-28(17-15-27)41(38,39)34-25-12-10-24(31)11-13-25/h2-18,22,34H,19-21H2,1H3,(H,33,37)/t22-/m1/s1. The van der Waals surface area contributed by atoms with Gasteiger partial charge in [0.15, 0.2) is 6.61 Å². The average molecular weight is 577 g/mol. The zero-order valence-corrected chi connectivity index (χ0v) is 23.1. The second-order valence-electron chi connectivity index (χ2n) is 9.09. The normalized spacial score (nSPS) is 11.8. The zero-order chi connectivity index (χ0) is 29.2. The molecule has 0 unspecified atom stereocenters. The van der Waals surface area contributed by atoms with Gasteiger partial charge in [0.25, 0.3) is 15.9 Å². The van der Waals surface area contributed by atoms with Crippen molar-refractivity contribution >= 4 is 27.5 Å². The minimum atomic E-state index is -3.92. The number of hydrogen-bond acceptors (Lipinski definition) is 6. The summed E-state index contributed by atoms with van der Waals surface area (Å²) in [4.78, 5) is 31.8. The maximum Gasteiger partial charge on any atom is 0.261 e. The summed E-state index contributed by atoms with van der Waals surface area (Å²) in [6.45, 7) is 1.68. The molecule has 41 heavy (non-hydrogen) atoms. The molecule has 0 fully saturated rings. The van der Waals surface area contributed by atoms with E-state index in [1.165, 1.54) is 41.3 Å². The van der Waals surface area contributed by atoms with Crippen LogP contribution in [0.5, 0.6) is 5.75 Å². The smallest absolute Gasteiger partial charge is 0.261 e. The molecular weight excluding hydrogens is 547 g/mol. The molecule has 0 radical (unpaired) electrons. The predicted molar refractivity (Wildman–Crippen MR) is 152 cm³/mol. The molecule has 2 amide bonds. The van der Waals surface area contributed by atoms with Crippen LogP contribution in [0.3, 0.4) is 0 Å². The molecule has 1 atom stereocenters. The van der Waals surface area contributed by atoms with Crippen molar-refractivity contribution in [3.63, 3.8) is 0 Å². The summed E-state index contributed by atoms with van der Waals surface area (Å²) in [5.41, 5.74) is 1.75. The Hall–Kier alpha value is -4.77. The van der Waals surface area contributed by atoms with Crippen LogP contribution >= 0.6 is 0 Å². The summed E-state index contributed by atoms with van der Waals surface area (Å²) < 4.78 is 46.5. The van der Waals surface area contributed by atoms with Crippen LogP contribution in [0.15, 0.2) is 108 Å². The number of amides is 2. The second kappa shape index (κ2) is 13.5. The van der Waals surface area contributed by atoms with E-state index in [0.29, 0.717) is 5.69 Å². The van der Waals surface area contributed by atoms with Gasteiger partial charge in [-0.1, -0.05) is 36.4 Å². The fourth-order valence-corrected chi connectivity index (χ4v) is 4.92. The van der Waals surface area contributed by atoms with E-state index in [1.807, 2.05) is 36.4 Å². The summed E-state index contributed by atoms with van der Waals surface area (Å²) in [7, 11) is -3.92. The number of nitrogens with one attached hydrogen (secondary N) is 2. The number of benzene rings is 3. The van der Waals surface area contributed by atoms with Crippen molar-refractivity contribution in [3.05, 3.63) is 120 Å². The minimum absolute atomic E-state index is 0.0376. The van der Waals surface area contributed by atoms with E-state index in [1.54, 1.807) is 25.3 Å². The second-order valence-corrected chi connectivity index (χ2v) is 10.8. The maximum absolute atomic E-state index is 13.3. The third-order valence-electron chi connectivity index (χ3n) is 6.13. The van der Waals surface area contributed by atoms with Crippen LogP contribution in [-0.2, 0) is 32.7 Å². The van der Waals surface area contributed by atoms with Crippen molar-refractivity contribution in [2.75, 3.05) is 11.3 Å². The van der Waals surface area contributed by atoms with Crippen LogP contribution in [0, 0.1) is 5.82 Å². The monoisotopic (exact) mass is 576 g/mol. The summed E-state index contributed by atoms with van der Waals surface area (Å²) in [5.74, 6) is -0.982. The highest BCUT2D eigenvalue weighted by atomic mass is 32.2. The number of carbonyl (C=O) groups excluding carboxylic acids is 2. The summed E-state index contributed by atoms with van der Waals surface area (Å²) in [6.07, 6.45) is 1.64. The van der Waals surface area contributed by atoms with Gasteiger partial charge >= 0.3 is 0 Å². The first-order valence-corrected chi connectivity index (χ1v) is 14.2. The van der Waals surface area contributed by atoms with Gasteiger partial charge in [-0.05, 0) is 73.2 Å². The van der Waals surface area contributed by atoms with Gasteiger partial charge in [-0.3, -0.25) is 19.3 Å². The van der Waals surface area contributed by atoms with E-state index in [9.17, 15) is 22.4 Å². The van der Waals surface area contributed by atoms with E-state index in [4.69, 9.17) is 4.74 Å². The fourth-order valence-electron chi connectivity index (χ4n) is 3.87. The van der Waals surface area contributed by atoms with Crippen LogP contribution in [0.4, 0.5) is 10.1 Å². The van der Waals surface area contributed by atoms with Crippen molar-refractivity contribution in [1.82, 2.24) is 15.2 Å². The first-order chi connectivity index (χ1) is 19.7. The lowest BCUT2D eigenvalue weighted by Crippen LogP contribution is -2.48. The third-order valence-corrected chi connectivity index (χ3v) is 7.52. The van der Waals surface area contributed by atoms with Gasteiger partial charge in [-0.25, -0.2) is 12.8 Å². The first-order valence-electron chi connectivity index (χ1n) is 12.7. The Bertz CT molecular complexity index is 1550. The zero-order valence-electron chi connectivity index (χ0n) is 22.2. The molecule has 0 aliphatic heterocycles. The van der Waals surface area contributed by atoms with E-state index in [0.717, 1.165) is 17.7 Å². The predicted octanol–water partition coefficient (Wildman–Crippen LogP) is 4.13. The van der Waals surface area contributed by atoms with Crippen LogP contribution in [0.2, 0.25) is 0 Å². The topological polar surface area (TPSA) is 118 Å². The molecule has 0 spiro atoms. The highest BCUT2D eigenvalue weighted by molar-refractivity contribution is 7.92. The van der Waals surface area contributed by atoms with Crippen molar-refractivity contribution in [2.24, 2.45) is 0 Å². The maximum atomic E-state index is 13.3. The molecule has 0 bridgehead atoms. The summed E-state index contributed by atoms with van der Waals surface area (Å²) in [5, 5.41) is 2.82. The molecule has 2 N–H and O–H groups in total. The Kier molecular flexibility index (Phi) is 9.64. The van der Waals surface area contributed by atoms with Crippen molar-refractivity contribution < 1.29 is 27.1 Å². The number of sulfonamides is 1. The van der Waals surface area contributed by atoms with E-state index in [-0.39, 0.29) is 41.9 Å². The molecule has 1 aromatic heterocycles. The molecule has 4 rings (SSSR count). The van der Waals surface area contributed by atoms with Gasteiger partial charge in [0.2, 0.25) is 5.91 Å². The molecule has 1 heterocycles. The Morgan fingerprint density at radius 2 is 1.61 bits per heavy atom. The number of aromatic nitrogens is 1. The molecule has 0 aliphatic rings. The molecule has 11 heteroatoms. The Balaban J connectivity index is 1.40. The quantitative estimate of drug-likeness (QED) is 0.262. The molecule has 3 aromatic carbocycles. The van der Waals surface area contributed by atoms with Gasteiger partial charge in [0.1, 0.15) is 17.6 Å². The third kappa shape index (κ3) is 8.36. The fraction of sp³-hybridized carbons (Fsp3) is 0.167. The van der Waals surface area contributed by atoms with Crippen molar-refractivity contribution in [2.45, 2.75) is 31.0 Å². The number of carbonyl (C=O) groups is 2. The van der Waals surface area contributed by atoms with Crippen LogP contribution in [0.25, 0.3) is 0 Å².